The van der Waals surface area contributed by atoms with Gasteiger partial charge in [0.25, 0.3) is 30.4 Å². The van der Waals surface area contributed by atoms with Crippen LogP contribution in [-0.2, 0) is 30.4 Å². The fourth-order valence-electron chi connectivity index (χ4n) is 5.55. The van der Waals surface area contributed by atoms with Crippen molar-refractivity contribution in [2.45, 2.75) is 14.7 Å². The minimum Gasteiger partial charge on any atom is -0.505 e. The zero-order chi connectivity index (χ0) is 40.0. The molecule has 55 heavy (non-hydrogen) atoms. The number of aromatic hydroxyl groups is 2. The van der Waals surface area contributed by atoms with E-state index in [2.05, 4.69) is 20.5 Å². The summed E-state index contributed by atoms with van der Waals surface area (Å²) in [5.74, 6) is -0.897. The van der Waals surface area contributed by atoms with Gasteiger partial charge in [-0.3, -0.25) is 13.7 Å². The summed E-state index contributed by atoms with van der Waals surface area (Å²) in [5, 5.41) is 37.2. The second-order valence-electron chi connectivity index (χ2n) is 11.5. The van der Waals surface area contributed by atoms with Gasteiger partial charge in [-0.25, -0.2) is 0 Å². The maximum absolute atomic E-state index is 12.3. The molecule has 0 aliphatic heterocycles. The molecule has 21 heteroatoms. The Hall–Kier alpha value is -5.74. The number of azo groups is 2. The fraction of sp³-hybridized carbons (Fsp3) is 0.0588. The predicted octanol–water partition coefficient (Wildman–Crippen LogP) is 8.31. The molecule has 6 aromatic carbocycles. The van der Waals surface area contributed by atoms with Crippen LogP contribution in [-0.4, -0.2) is 63.3 Å². The summed E-state index contributed by atoms with van der Waals surface area (Å²) in [6.07, 6.45) is 0. The minimum atomic E-state index is -5.09. The van der Waals surface area contributed by atoms with Gasteiger partial charge >= 0.3 is 0 Å². The summed E-state index contributed by atoms with van der Waals surface area (Å²) in [4.78, 5) is -2.11. The molecule has 0 amide bonds. The Morgan fingerprint density at radius 2 is 1.09 bits per heavy atom. The number of ether oxygens (including phenoxy) is 2. The van der Waals surface area contributed by atoms with Gasteiger partial charge < -0.3 is 19.7 Å². The maximum Gasteiger partial charge on any atom is 0.296 e. The van der Waals surface area contributed by atoms with Gasteiger partial charge in [0, 0.05) is 16.2 Å². The molecule has 0 radical (unpaired) electrons. The molecular formula is C34H25ClN4O13S3. The monoisotopic (exact) mass is 828 g/mol. The SMILES string of the molecule is COc1cc(-c2ccc(N=Nc3c(S(=O)(=O)O)cc4cc(S(=O)(=O)O)cc(Cl)c4c3O)c(OC)c2)ccc1N=Nc1cc(S(=O)(=O)O)c2ccccc2c1O. The largest absolute Gasteiger partial charge is 0.505 e. The van der Waals surface area contributed by atoms with Crippen molar-refractivity contribution in [3.05, 3.63) is 90.0 Å². The summed E-state index contributed by atoms with van der Waals surface area (Å²) >= 11 is 6.18. The van der Waals surface area contributed by atoms with Crippen LogP contribution in [0.1, 0.15) is 0 Å². The van der Waals surface area contributed by atoms with E-state index in [1.807, 2.05) is 0 Å². The molecule has 0 heterocycles. The van der Waals surface area contributed by atoms with Gasteiger partial charge in [-0.2, -0.15) is 25.3 Å². The van der Waals surface area contributed by atoms with Gasteiger partial charge in [0.1, 0.15) is 44.0 Å². The Labute approximate surface area is 317 Å². The Balaban J connectivity index is 1.35. The molecule has 0 aromatic heterocycles. The standard InChI is InChI=1S/C34H25ClN4O13S3/c1-51-27-12-17(7-9-24(27)36-38-26-16-29(54(45,46)47)21-5-3-4-6-22(21)33(26)40)18-8-10-25(28(13-18)52-2)37-39-32-30(55(48,49)50)14-19-11-20(53(42,43)44)15-23(35)31(19)34(32)41/h3-16,40-41H,1-2H3,(H,42,43,44)(H,45,46,47)(H,48,49,50). The molecule has 6 aromatic rings. The number of hydrogen-bond acceptors (Lipinski definition) is 14. The van der Waals surface area contributed by atoms with Crippen LogP contribution in [0.4, 0.5) is 22.7 Å². The van der Waals surface area contributed by atoms with Crippen LogP contribution in [0.25, 0.3) is 32.7 Å². The van der Waals surface area contributed by atoms with Crippen LogP contribution < -0.4 is 9.47 Å². The lowest BCUT2D eigenvalue weighted by atomic mass is 10.0. The first kappa shape index (κ1) is 39.0. The van der Waals surface area contributed by atoms with Crippen molar-refractivity contribution in [1.29, 1.82) is 0 Å². The average molecular weight is 829 g/mol. The van der Waals surface area contributed by atoms with Crippen LogP contribution in [0.5, 0.6) is 23.0 Å². The fourth-order valence-corrected chi connectivity index (χ4v) is 7.84. The molecule has 0 saturated carbocycles. The lowest BCUT2D eigenvalue weighted by molar-refractivity contribution is 0.415. The number of hydrogen-bond donors (Lipinski definition) is 5. The third-order valence-electron chi connectivity index (χ3n) is 8.10. The molecule has 0 unspecified atom stereocenters. The maximum atomic E-state index is 12.3. The van der Waals surface area contributed by atoms with Crippen molar-refractivity contribution in [3.63, 3.8) is 0 Å². The number of phenols is 2. The van der Waals surface area contributed by atoms with Gasteiger partial charge in [-0.1, -0.05) is 48.0 Å². The highest BCUT2D eigenvalue weighted by atomic mass is 35.5. The van der Waals surface area contributed by atoms with Crippen molar-refractivity contribution in [2.24, 2.45) is 20.5 Å². The van der Waals surface area contributed by atoms with Gasteiger partial charge in [0.05, 0.1) is 24.1 Å². The zero-order valence-corrected chi connectivity index (χ0v) is 31.2. The summed E-state index contributed by atoms with van der Waals surface area (Å²) in [7, 11) is -11.9. The lowest BCUT2D eigenvalue weighted by Crippen LogP contribution is -2.01. The molecule has 0 atom stereocenters. The highest BCUT2D eigenvalue weighted by molar-refractivity contribution is 7.86. The first-order valence-electron chi connectivity index (χ1n) is 15.2. The smallest absolute Gasteiger partial charge is 0.296 e. The van der Waals surface area contributed by atoms with Crippen LogP contribution in [0.2, 0.25) is 5.02 Å². The van der Waals surface area contributed by atoms with E-state index in [0.29, 0.717) is 11.1 Å². The van der Waals surface area contributed by atoms with E-state index < -0.39 is 56.5 Å². The molecule has 0 aliphatic carbocycles. The van der Waals surface area contributed by atoms with E-state index in [-0.39, 0.29) is 60.9 Å². The molecule has 0 fully saturated rings. The van der Waals surface area contributed by atoms with Gasteiger partial charge in [0.15, 0.2) is 11.5 Å². The van der Waals surface area contributed by atoms with E-state index >= 15 is 0 Å². The van der Waals surface area contributed by atoms with Crippen molar-refractivity contribution in [1.82, 2.24) is 0 Å². The Bertz CT molecular complexity index is 2980. The van der Waals surface area contributed by atoms with Gasteiger partial charge in [-0.05, 0) is 65.0 Å². The average Bonchev–Trinajstić information content (AvgIpc) is 3.12. The summed E-state index contributed by atoms with van der Waals surface area (Å²) < 4.78 is 112. The number of halogens is 1. The zero-order valence-electron chi connectivity index (χ0n) is 28.0. The molecular weight excluding hydrogens is 804 g/mol. The quantitative estimate of drug-likeness (QED) is 0.0643. The number of fused-ring (bicyclic) bond motifs is 2. The topological polar surface area (TPSA) is 271 Å². The summed E-state index contributed by atoms with van der Waals surface area (Å²) in [5.41, 5.74) is 0.376. The molecule has 6 rings (SSSR count). The van der Waals surface area contributed by atoms with Crippen LogP contribution >= 0.6 is 11.6 Å². The Morgan fingerprint density at radius 3 is 1.62 bits per heavy atom. The van der Waals surface area contributed by atoms with Gasteiger partial charge in [-0.15, -0.1) is 20.5 Å². The first-order chi connectivity index (χ1) is 25.8. The first-order valence-corrected chi connectivity index (χ1v) is 19.9. The number of benzene rings is 6. The van der Waals surface area contributed by atoms with Gasteiger partial charge in [0.2, 0.25) is 0 Å². The number of nitrogens with zero attached hydrogens (tertiary/aromatic N) is 4. The van der Waals surface area contributed by atoms with E-state index in [0.717, 1.165) is 24.3 Å². The molecule has 17 nitrogen and oxygen atoms in total. The van der Waals surface area contributed by atoms with Crippen LogP contribution in [0.15, 0.2) is 120 Å². The van der Waals surface area contributed by atoms with E-state index in [9.17, 15) is 49.1 Å². The predicted molar refractivity (Wildman–Crippen MR) is 199 cm³/mol. The van der Waals surface area contributed by atoms with Crippen molar-refractivity contribution in [3.8, 4) is 34.1 Å². The van der Waals surface area contributed by atoms with Crippen LogP contribution in [0, 0.1) is 0 Å². The molecule has 5 N–H and O–H groups in total. The number of rotatable bonds is 10. The highest BCUT2D eigenvalue weighted by Gasteiger charge is 2.25. The highest BCUT2D eigenvalue weighted by Crippen LogP contribution is 2.46. The summed E-state index contributed by atoms with van der Waals surface area (Å²) in [6, 6.07) is 18.8. The van der Waals surface area contributed by atoms with Crippen LogP contribution in [0.3, 0.4) is 0 Å². The summed E-state index contributed by atoms with van der Waals surface area (Å²) in [6.45, 7) is 0. The second kappa shape index (κ2) is 14.5. The lowest BCUT2D eigenvalue weighted by Gasteiger charge is -2.12. The number of methoxy groups -OCH3 is 2. The number of phenolic OH excluding ortho intramolecular Hbond substituents is 2. The van der Waals surface area contributed by atoms with E-state index in [1.165, 1.54) is 38.5 Å². The molecule has 0 bridgehead atoms. The second-order valence-corrected chi connectivity index (χ2v) is 16.1. The minimum absolute atomic E-state index is 0.0386. The van der Waals surface area contributed by atoms with E-state index in [1.54, 1.807) is 36.4 Å². The third-order valence-corrected chi connectivity index (χ3v) is 11.0. The van der Waals surface area contributed by atoms with Crippen molar-refractivity contribution >= 4 is 86.2 Å². The third kappa shape index (κ3) is 7.77. The molecule has 284 valence electrons. The molecule has 0 saturated heterocycles. The Kier molecular flexibility index (Phi) is 10.3. The van der Waals surface area contributed by atoms with Crippen molar-refractivity contribution < 1.29 is 58.6 Å². The Morgan fingerprint density at radius 1 is 0.564 bits per heavy atom. The molecule has 0 aliphatic rings. The van der Waals surface area contributed by atoms with Crippen molar-refractivity contribution in [2.75, 3.05) is 14.2 Å². The normalized spacial score (nSPS) is 12.6. The van der Waals surface area contributed by atoms with E-state index in [4.69, 9.17) is 21.1 Å². The molecule has 0 spiro atoms.